The van der Waals surface area contributed by atoms with Crippen LogP contribution < -0.4 is 20.9 Å². The summed E-state index contributed by atoms with van der Waals surface area (Å²) in [6.45, 7) is 4.49. The van der Waals surface area contributed by atoms with E-state index in [0.717, 1.165) is 43.7 Å². The van der Waals surface area contributed by atoms with Gasteiger partial charge in [-0.25, -0.2) is 4.79 Å². The molecule has 1 N–H and O–H groups in total. The number of para-hydroxylation sites is 1. The number of anilines is 1. The summed E-state index contributed by atoms with van der Waals surface area (Å²) in [5, 5.41) is 6.62. The molecule has 1 aliphatic rings. The van der Waals surface area contributed by atoms with Crippen LogP contribution in [0.2, 0.25) is 0 Å². The monoisotopic (exact) mass is 452 g/mol. The van der Waals surface area contributed by atoms with Gasteiger partial charge in [0, 0.05) is 59.1 Å². The standard InChI is InChI=1S/C23H28N6O4/c1-26-20(16-21(30)27(2)23(26)32)29-13-11-28(12-14-29)10-5-15-33-19-7-4-3-6-17(19)22(31)18-8-9-24-25-18/h3-4,6-9,16H,5,10-15H2,1-2H3,(H,24,25). The van der Waals surface area contributed by atoms with Gasteiger partial charge < -0.3 is 9.64 Å². The maximum atomic E-state index is 12.6. The van der Waals surface area contributed by atoms with E-state index in [2.05, 4.69) is 20.0 Å². The third-order valence-electron chi connectivity index (χ3n) is 5.94. The van der Waals surface area contributed by atoms with E-state index in [1.165, 1.54) is 17.7 Å². The highest BCUT2D eigenvalue weighted by Crippen LogP contribution is 2.21. The van der Waals surface area contributed by atoms with Gasteiger partial charge in [-0.3, -0.25) is 28.7 Å². The first kappa shape index (κ1) is 22.5. The highest BCUT2D eigenvalue weighted by molar-refractivity contribution is 6.09. The number of ketones is 1. The zero-order chi connectivity index (χ0) is 23.4. The maximum Gasteiger partial charge on any atom is 0.332 e. The summed E-state index contributed by atoms with van der Waals surface area (Å²) in [5.74, 6) is 1.04. The second-order valence-corrected chi connectivity index (χ2v) is 8.06. The minimum absolute atomic E-state index is 0.173. The van der Waals surface area contributed by atoms with Gasteiger partial charge in [-0.05, 0) is 24.6 Å². The molecule has 0 aliphatic carbocycles. The molecule has 174 valence electrons. The first-order chi connectivity index (χ1) is 16.0. The Morgan fingerprint density at radius 3 is 2.55 bits per heavy atom. The number of ether oxygens (including phenoxy) is 1. The molecule has 0 amide bonds. The van der Waals surface area contributed by atoms with Crippen molar-refractivity contribution in [1.29, 1.82) is 0 Å². The number of piperazine rings is 1. The molecule has 1 aromatic carbocycles. The van der Waals surface area contributed by atoms with Crippen molar-refractivity contribution in [2.75, 3.05) is 44.2 Å². The summed E-state index contributed by atoms with van der Waals surface area (Å²) in [7, 11) is 3.18. The molecule has 10 nitrogen and oxygen atoms in total. The van der Waals surface area contributed by atoms with Gasteiger partial charge in [-0.2, -0.15) is 5.10 Å². The predicted molar refractivity (Wildman–Crippen MR) is 124 cm³/mol. The van der Waals surface area contributed by atoms with Crippen LogP contribution in [0.4, 0.5) is 5.82 Å². The minimum Gasteiger partial charge on any atom is -0.493 e. The van der Waals surface area contributed by atoms with Crippen LogP contribution in [0.15, 0.2) is 52.2 Å². The van der Waals surface area contributed by atoms with E-state index in [1.807, 2.05) is 12.1 Å². The molecule has 0 spiro atoms. The van der Waals surface area contributed by atoms with Crippen LogP contribution in [0.3, 0.4) is 0 Å². The van der Waals surface area contributed by atoms with E-state index in [9.17, 15) is 14.4 Å². The van der Waals surface area contributed by atoms with E-state index < -0.39 is 0 Å². The zero-order valence-corrected chi connectivity index (χ0v) is 18.9. The van der Waals surface area contributed by atoms with Crippen LogP contribution in [0.5, 0.6) is 5.75 Å². The lowest BCUT2D eigenvalue weighted by atomic mass is 10.1. The fourth-order valence-corrected chi connectivity index (χ4v) is 4.00. The first-order valence-corrected chi connectivity index (χ1v) is 11.0. The molecular formula is C23H28N6O4. The van der Waals surface area contributed by atoms with Gasteiger partial charge in [0.15, 0.2) is 0 Å². The molecule has 1 aliphatic heterocycles. The third kappa shape index (κ3) is 4.90. The predicted octanol–water partition coefficient (Wildman–Crippen LogP) is 0.629. The van der Waals surface area contributed by atoms with Crippen molar-refractivity contribution in [1.82, 2.24) is 24.2 Å². The lowest BCUT2D eigenvalue weighted by Crippen LogP contribution is -2.49. The Kier molecular flexibility index (Phi) is 6.74. The molecule has 0 atom stereocenters. The summed E-state index contributed by atoms with van der Waals surface area (Å²) < 4.78 is 8.55. The maximum absolute atomic E-state index is 12.6. The number of hydrogen-bond acceptors (Lipinski definition) is 7. The molecule has 0 bridgehead atoms. The Balaban J connectivity index is 1.27. The first-order valence-electron chi connectivity index (χ1n) is 11.0. The van der Waals surface area contributed by atoms with E-state index >= 15 is 0 Å². The summed E-state index contributed by atoms with van der Waals surface area (Å²) >= 11 is 0. The van der Waals surface area contributed by atoms with Crippen molar-refractivity contribution in [2.45, 2.75) is 6.42 Å². The molecule has 3 heterocycles. The largest absolute Gasteiger partial charge is 0.493 e. The van der Waals surface area contributed by atoms with Gasteiger partial charge in [-0.15, -0.1) is 0 Å². The quantitative estimate of drug-likeness (QED) is 0.395. The molecule has 0 unspecified atom stereocenters. The van der Waals surface area contributed by atoms with Crippen LogP contribution in [0, 0.1) is 0 Å². The van der Waals surface area contributed by atoms with Crippen LogP contribution in [0.25, 0.3) is 0 Å². The molecule has 4 rings (SSSR count). The number of carbonyl (C=O) groups excluding carboxylic acids is 1. The van der Waals surface area contributed by atoms with Gasteiger partial charge in [0.25, 0.3) is 5.56 Å². The normalized spacial score (nSPS) is 14.4. The average molecular weight is 453 g/mol. The van der Waals surface area contributed by atoms with Crippen LogP contribution in [-0.4, -0.2) is 69.3 Å². The molecule has 33 heavy (non-hydrogen) atoms. The molecule has 1 fully saturated rings. The van der Waals surface area contributed by atoms with E-state index in [0.29, 0.717) is 29.4 Å². The van der Waals surface area contributed by atoms with Crippen LogP contribution in [0.1, 0.15) is 22.5 Å². The zero-order valence-electron chi connectivity index (χ0n) is 18.9. The van der Waals surface area contributed by atoms with Gasteiger partial charge in [-0.1, -0.05) is 12.1 Å². The van der Waals surface area contributed by atoms with E-state index in [4.69, 9.17) is 4.74 Å². The van der Waals surface area contributed by atoms with Crippen molar-refractivity contribution >= 4 is 11.6 Å². The van der Waals surface area contributed by atoms with Crippen molar-refractivity contribution in [3.63, 3.8) is 0 Å². The fraction of sp³-hybridized carbons (Fsp3) is 0.391. The number of aromatic amines is 1. The van der Waals surface area contributed by atoms with Crippen molar-refractivity contribution in [3.05, 3.63) is 74.7 Å². The SMILES string of the molecule is Cn1c(N2CCN(CCCOc3ccccc3C(=O)c3cc[nH]n3)CC2)cc(=O)n(C)c1=O. The Labute approximate surface area is 191 Å². The molecule has 1 saturated heterocycles. The molecule has 2 aromatic heterocycles. The lowest BCUT2D eigenvalue weighted by Gasteiger charge is -2.36. The Bertz CT molecular complexity index is 1220. The summed E-state index contributed by atoms with van der Waals surface area (Å²) in [6, 6.07) is 10.4. The highest BCUT2D eigenvalue weighted by Gasteiger charge is 2.20. The fourth-order valence-electron chi connectivity index (χ4n) is 4.00. The molecule has 3 aromatic rings. The highest BCUT2D eigenvalue weighted by atomic mass is 16.5. The van der Waals surface area contributed by atoms with Crippen molar-refractivity contribution in [3.8, 4) is 5.75 Å². The third-order valence-corrected chi connectivity index (χ3v) is 5.94. The number of aromatic nitrogens is 4. The topological polar surface area (TPSA) is 105 Å². The number of nitrogens with one attached hydrogen (secondary N) is 1. The number of nitrogens with zero attached hydrogens (tertiary/aromatic N) is 5. The van der Waals surface area contributed by atoms with Gasteiger partial charge in [0.2, 0.25) is 5.78 Å². The number of rotatable bonds is 8. The molecule has 0 saturated carbocycles. The number of H-pyrrole nitrogens is 1. The summed E-state index contributed by atoms with van der Waals surface area (Å²) in [6.07, 6.45) is 2.43. The van der Waals surface area contributed by atoms with Crippen LogP contribution in [-0.2, 0) is 14.1 Å². The summed E-state index contributed by atoms with van der Waals surface area (Å²) in [5.41, 5.74) is 0.248. The van der Waals surface area contributed by atoms with E-state index in [1.54, 1.807) is 31.4 Å². The van der Waals surface area contributed by atoms with Crippen molar-refractivity contribution < 1.29 is 9.53 Å². The Hall–Kier alpha value is -3.66. The number of hydrogen-bond donors (Lipinski definition) is 1. The molecule has 0 radical (unpaired) electrons. The lowest BCUT2D eigenvalue weighted by molar-refractivity contribution is 0.103. The average Bonchev–Trinajstić information content (AvgIpc) is 3.38. The second kappa shape index (κ2) is 9.86. The van der Waals surface area contributed by atoms with Crippen molar-refractivity contribution in [2.24, 2.45) is 14.1 Å². The van der Waals surface area contributed by atoms with Crippen LogP contribution >= 0.6 is 0 Å². The second-order valence-electron chi connectivity index (χ2n) is 8.06. The van der Waals surface area contributed by atoms with Gasteiger partial charge >= 0.3 is 5.69 Å². The van der Waals surface area contributed by atoms with Gasteiger partial charge in [0.05, 0.1) is 12.2 Å². The molecule has 10 heteroatoms. The van der Waals surface area contributed by atoms with Gasteiger partial charge in [0.1, 0.15) is 17.3 Å². The number of carbonyl (C=O) groups is 1. The smallest absolute Gasteiger partial charge is 0.332 e. The Morgan fingerprint density at radius 1 is 1.06 bits per heavy atom. The summed E-state index contributed by atoms with van der Waals surface area (Å²) in [4.78, 5) is 41.2. The minimum atomic E-state index is -0.317. The van der Waals surface area contributed by atoms with E-state index in [-0.39, 0.29) is 17.0 Å². The molecular weight excluding hydrogens is 424 g/mol. The number of benzene rings is 1. The Morgan fingerprint density at radius 2 is 1.82 bits per heavy atom.